The van der Waals surface area contributed by atoms with Crippen molar-refractivity contribution in [2.75, 3.05) is 13.1 Å². The van der Waals surface area contributed by atoms with Gasteiger partial charge in [-0.1, -0.05) is 13.0 Å². The fraction of sp³-hybridized carbons (Fsp3) is 0.500. The number of benzene rings is 1. The van der Waals surface area contributed by atoms with Gasteiger partial charge in [0.05, 0.1) is 6.42 Å². The molecular formula is C14H18F2N2O. The first-order chi connectivity index (χ1) is 9.04. The Hall–Kier alpha value is -1.49. The van der Waals surface area contributed by atoms with E-state index in [1.807, 2.05) is 0 Å². The Bertz CT molecular complexity index is 465. The normalized spacial score (nSPS) is 23.1. The van der Waals surface area contributed by atoms with Crippen molar-refractivity contribution in [1.82, 2.24) is 10.6 Å². The minimum absolute atomic E-state index is 0.0715. The van der Waals surface area contributed by atoms with Crippen LogP contribution in [0.2, 0.25) is 0 Å². The zero-order chi connectivity index (χ0) is 13.8. The lowest BCUT2D eigenvalue weighted by molar-refractivity contribution is -0.121. The second-order valence-electron chi connectivity index (χ2n) is 5.19. The van der Waals surface area contributed by atoms with Gasteiger partial charge in [-0.25, -0.2) is 8.78 Å². The van der Waals surface area contributed by atoms with Crippen LogP contribution >= 0.6 is 0 Å². The molecule has 1 fully saturated rings. The molecule has 2 atom stereocenters. The molecule has 104 valence electrons. The smallest absolute Gasteiger partial charge is 0.224 e. The summed E-state index contributed by atoms with van der Waals surface area (Å²) in [5.74, 6) is -1.44. The van der Waals surface area contributed by atoms with Gasteiger partial charge in [0.1, 0.15) is 0 Å². The molecule has 2 rings (SSSR count). The summed E-state index contributed by atoms with van der Waals surface area (Å²) in [6.07, 6.45) is 1.01. The van der Waals surface area contributed by atoms with Crippen molar-refractivity contribution in [1.29, 1.82) is 0 Å². The first-order valence-corrected chi connectivity index (χ1v) is 6.48. The lowest BCUT2D eigenvalue weighted by atomic mass is 9.97. The average Bonchev–Trinajstić information content (AvgIpc) is 2.34. The standard InChI is InChI=1S/C14H18F2N2O/c1-9-4-11(8-17-7-9)18-14(19)6-10-2-3-12(15)13(16)5-10/h2-3,5,9,11,17H,4,6-8H2,1H3,(H,18,19). The quantitative estimate of drug-likeness (QED) is 0.874. The molecular weight excluding hydrogens is 250 g/mol. The third-order valence-electron chi connectivity index (χ3n) is 3.28. The van der Waals surface area contributed by atoms with Gasteiger partial charge in [-0.3, -0.25) is 4.79 Å². The van der Waals surface area contributed by atoms with Gasteiger partial charge in [-0.15, -0.1) is 0 Å². The third kappa shape index (κ3) is 3.99. The Balaban J connectivity index is 1.88. The molecule has 0 bridgehead atoms. The number of nitrogens with one attached hydrogen (secondary N) is 2. The van der Waals surface area contributed by atoms with E-state index in [2.05, 4.69) is 17.6 Å². The van der Waals surface area contributed by atoms with E-state index in [-0.39, 0.29) is 18.4 Å². The van der Waals surface area contributed by atoms with Crippen molar-refractivity contribution in [2.24, 2.45) is 5.92 Å². The SMILES string of the molecule is CC1CNCC(NC(=O)Cc2ccc(F)c(F)c2)C1. The predicted octanol–water partition coefficient (Wildman–Crippen LogP) is 1.62. The number of hydrogen-bond acceptors (Lipinski definition) is 2. The van der Waals surface area contributed by atoms with Crippen LogP contribution in [0.25, 0.3) is 0 Å². The number of halogens is 2. The summed E-state index contributed by atoms with van der Waals surface area (Å²) in [7, 11) is 0. The molecule has 1 aliphatic rings. The molecule has 1 aliphatic heterocycles. The summed E-state index contributed by atoms with van der Waals surface area (Å²) in [6.45, 7) is 3.85. The molecule has 0 aliphatic carbocycles. The molecule has 0 radical (unpaired) electrons. The second-order valence-corrected chi connectivity index (χ2v) is 5.19. The van der Waals surface area contributed by atoms with Crippen LogP contribution < -0.4 is 10.6 Å². The van der Waals surface area contributed by atoms with Crippen molar-refractivity contribution >= 4 is 5.91 Å². The molecule has 0 spiro atoms. The van der Waals surface area contributed by atoms with E-state index in [0.717, 1.165) is 31.6 Å². The van der Waals surface area contributed by atoms with Crippen LogP contribution in [0.15, 0.2) is 18.2 Å². The maximum atomic E-state index is 13.0. The van der Waals surface area contributed by atoms with Crippen LogP contribution in [0.3, 0.4) is 0 Å². The highest BCUT2D eigenvalue weighted by atomic mass is 19.2. The maximum absolute atomic E-state index is 13.0. The van der Waals surface area contributed by atoms with Crippen LogP contribution in [-0.2, 0) is 11.2 Å². The first kappa shape index (κ1) is 13.9. The van der Waals surface area contributed by atoms with Crippen molar-refractivity contribution in [3.05, 3.63) is 35.4 Å². The maximum Gasteiger partial charge on any atom is 0.224 e. The Morgan fingerprint density at radius 2 is 2.16 bits per heavy atom. The zero-order valence-electron chi connectivity index (χ0n) is 10.9. The average molecular weight is 268 g/mol. The summed E-state index contributed by atoms with van der Waals surface area (Å²) >= 11 is 0. The molecule has 2 unspecified atom stereocenters. The van der Waals surface area contributed by atoms with Gasteiger partial charge in [-0.2, -0.15) is 0 Å². The number of hydrogen-bond donors (Lipinski definition) is 2. The van der Waals surface area contributed by atoms with Crippen molar-refractivity contribution in [3.63, 3.8) is 0 Å². The molecule has 1 aromatic carbocycles. The molecule has 1 amide bonds. The van der Waals surface area contributed by atoms with Crippen LogP contribution in [-0.4, -0.2) is 25.0 Å². The number of rotatable bonds is 3. The lowest BCUT2D eigenvalue weighted by Crippen LogP contribution is -2.48. The van der Waals surface area contributed by atoms with E-state index in [4.69, 9.17) is 0 Å². The van der Waals surface area contributed by atoms with Gasteiger partial charge < -0.3 is 10.6 Å². The molecule has 5 heteroatoms. The molecule has 1 aromatic rings. The highest BCUT2D eigenvalue weighted by molar-refractivity contribution is 5.78. The van der Waals surface area contributed by atoms with E-state index in [9.17, 15) is 13.6 Å². The van der Waals surface area contributed by atoms with Crippen LogP contribution in [0.4, 0.5) is 8.78 Å². The Labute approximate surface area is 111 Å². The van der Waals surface area contributed by atoms with Crippen molar-refractivity contribution in [2.45, 2.75) is 25.8 Å². The minimum atomic E-state index is -0.918. The molecule has 2 N–H and O–H groups in total. The lowest BCUT2D eigenvalue weighted by Gasteiger charge is -2.28. The third-order valence-corrected chi connectivity index (χ3v) is 3.28. The molecule has 0 aromatic heterocycles. The Kier molecular flexibility index (Phi) is 4.47. The molecule has 3 nitrogen and oxygen atoms in total. The highest BCUT2D eigenvalue weighted by Gasteiger charge is 2.20. The molecule has 1 heterocycles. The van der Waals surface area contributed by atoms with Gasteiger partial charge >= 0.3 is 0 Å². The summed E-state index contributed by atoms with van der Waals surface area (Å²) in [6, 6.07) is 3.65. The van der Waals surface area contributed by atoms with E-state index in [1.54, 1.807) is 0 Å². The summed E-state index contributed by atoms with van der Waals surface area (Å²) in [5, 5.41) is 6.16. The molecule has 1 saturated heterocycles. The van der Waals surface area contributed by atoms with Gasteiger partial charge in [0, 0.05) is 12.6 Å². The van der Waals surface area contributed by atoms with Crippen LogP contribution in [0.1, 0.15) is 18.9 Å². The summed E-state index contributed by atoms with van der Waals surface area (Å²) < 4.78 is 25.8. The summed E-state index contributed by atoms with van der Waals surface area (Å²) in [5.41, 5.74) is 0.480. The van der Waals surface area contributed by atoms with Crippen molar-refractivity contribution < 1.29 is 13.6 Å². The molecule has 0 saturated carbocycles. The van der Waals surface area contributed by atoms with E-state index < -0.39 is 11.6 Å². The van der Waals surface area contributed by atoms with Gasteiger partial charge in [0.15, 0.2) is 11.6 Å². The van der Waals surface area contributed by atoms with Crippen LogP contribution in [0.5, 0.6) is 0 Å². The minimum Gasteiger partial charge on any atom is -0.352 e. The largest absolute Gasteiger partial charge is 0.352 e. The second kappa shape index (κ2) is 6.10. The van der Waals surface area contributed by atoms with Crippen molar-refractivity contribution in [3.8, 4) is 0 Å². The summed E-state index contributed by atoms with van der Waals surface area (Å²) in [4.78, 5) is 11.8. The van der Waals surface area contributed by atoms with E-state index in [1.165, 1.54) is 6.07 Å². The Morgan fingerprint density at radius 3 is 2.84 bits per heavy atom. The monoisotopic (exact) mass is 268 g/mol. The zero-order valence-corrected chi connectivity index (χ0v) is 10.9. The van der Waals surface area contributed by atoms with E-state index in [0.29, 0.717) is 11.5 Å². The fourth-order valence-corrected chi connectivity index (χ4v) is 2.38. The van der Waals surface area contributed by atoms with Gasteiger partial charge in [-0.05, 0) is 36.6 Å². The number of carbonyl (C=O) groups is 1. The van der Waals surface area contributed by atoms with Crippen LogP contribution in [0, 0.1) is 17.6 Å². The number of amides is 1. The predicted molar refractivity (Wildman–Crippen MR) is 68.6 cm³/mol. The van der Waals surface area contributed by atoms with Gasteiger partial charge in [0.2, 0.25) is 5.91 Å². The number of carbonyl (C=O) groups excluding carboxylic acids is 1. The number of piperidine rings is 1. The molecule has 19 heavy (non-hydrogen) atoms. The van der Waals surface area contributed by atoms with E-state index >= 15 is 0 Å². The van der Waals surface area contributed by atoms with Gasteiger partial charge in [0.25, 0.3) is 0 Å². The topological polar surface area (TPSA) is 41.1 Å². The fourth-order valence-electron chi connectivity index (χ4n) is 2.38. The first-order valence-electron chi connectivity index (χ1n) is 6.48. The Morgan fingerprint density at radius 1 is 1.37 bits per heavy atom. The highest BCUT2D eigenvalue weighted by Crippen LogP contribution is 2.11.